The van der Waals surface area contributed by atoms with Crippen LogP contribution in [-0.4, -0.2) is 43.2 Å². The summed E-state index contributed by atoms with van der Waals surface area (Å²) in [5, 5.41) is 22.4. The lowest BCUT2D eigenvalue weighted by atomic mass is 10.2. The third-order valence-electron chi connectivity index (χ3n) is 2.72. The van der Waals surface area contributed by atoms with Gasteiger partial charge in [0.25, 0.3) is 0 Å². The van der Waals surface area contributed by atoms with Crippen LogP contribution in [0.1, 0.15) is 23.7 Å². The first-order chi connectivity index (χ1) is 9.32. The van der Waals surface area contributed by atoms with E-state index in [2.05, 4.69) is 10.3 Å². The minimum Gasteiger partial charge on any atom is -0.478 e. The van der Waals surface area contributed by atoms with Crippen molar-refractivity contribution in [2.75, 3.05) is 18.1 Å². The van der Waals surface area contributed by atoms with Gasteiger partial charge in [-0.1, -0.05) is 6.92 Å². The summed E-state index contributed by atoms with van der Waals surface area (Å²) < 4.78 is 11.2. The molecular formula is C11H15N3O5S. The summed E-state index contributed by atoms with van der Waals surface area (Å²) >= 11 is 0. The van der Waals surface area contributed by atoms with E-state index in [9.17, 15) is 19.1 Å². The molecule has 1 aromatic rings. The fourth-order valence-corrected chi connectivity index (χ4v) is 1.86. The van der Waals surface area contributed by atoms with E-state index in [4.69, 9.17) is 5.11 Å². The Labute approximate surface area is 117 Å². The fourth-order valence-electron chi connectivity index (χ4n) is 1.41. The van der Waals surface area contributed by atoms with E-state index in [-0.39, 0.29) is 16.6 Å². The van der Waals surface area contributed by atoms with Gasteiger partial charge in [0, 0.05) is 41.1 Å². The molecule has 0 amide bonds. The van der Waals surface area contributed by atoms with Crippen LogP contribution in [0.5, 0.6) is 0 Å². The van der Waals surface area contributed by atoms with E-state index in [0.717, 1.165) is 12.3 Å². The SMILES string of the molecule is CC(CCNc1ncc(C(=O)O)cc1[N+](=O)[O-])S(C)=O. The third kappa shape index (κ3) is 4.26. The van der Waals surface area contributed by atoms with Crippen LogP contribution in [0.2, 0.25) is 0 Å². The lowest BCUT2D eigenvalue weighted by Gasteiger charge is -2.10. The molecule has 0 spiro atoms. The third-order valence-corrected chi connectivity index (χ3v) is 4.09. The van der Waals surface area contributed by atoms with Crippen molar-refractivity contribution >= 4 is 28.3 Å². The van der Waals surface area contributed by atoms with Gasteiger partial charge in [0.05, 0.1) is 10.5 Å². The van der Waals surface area contributed by atoms with Crippen LogP contribution in [0.4, 0.5) is 11.5 Å². The van der Waals surface area contributed by atoms with Crippen LogP contribution in [0.3, 0.4) is 0 Å². The Morgan fingerprint density at radius 2 is 2.30 bits per heavy atom. The highest BCUT2D eigenvalue weighted by molar-refractivity contribution is 7.84. The molecule has 2 N–H and O–H groups in total. The quantitative estimate of drug-likeness (QED) is 0.574. The molecule has 0 bridgehead atoms. The van der Waals surface area contributed by atoms with Gasteiger partial charge in [-0.2, -0.15) is 0 Å². The number of nitrogens with one attached hydrogen (secondary N) is 1. The van der Waals surface area contributed by atoms with Crippen molar-refractivity contribution in [3.8, 4) is 0 Å². The molecular weight excluding hydrogens is 286 g/mol. The molecule has 110 valence electrons. The molecule has 0 radical (unpaired) electrons. The molecule has 0 saturated heterocycles. The van der Waals surface area contributed by atoms with Crippen molar-refractivity contribution in [1.29, 1.82) is 0 Å². The number of carbonyl (C=O) groups is 1. The first kappa shape index (κ1) is 16.0. The van der Waals surface area contributed by atoms with E-state index < -0.39 is 27.4 Å². The summed E-state index contributed by atoms with van der Waals surface area (Å²) in [6, 6.07) is 0.957. The number of carboxylic acid groups (broad SMARTS) is 1. The van der Waals surface area contributed by atoms with E-state index >= 15 is 0 Å². The van der Waals surface area contributed by atoms with Gasteiger partial charge >= 0.3 is 11.7 Å². The number of anilines is 1. The molecule has 0 aliphatic carbocycles. The molecule has 9 heteroatoms. The van der Waals surface area contributed by atoms with Crippen molar-refractivity contribution in [1.82, 2.24) is 4.98 Å². The van der Waals surface area contributed by atoms with Gasteiger partial charge in [-0.3, -0.25) is 14.3 Å². The number of carboxylic acids is 1. The molecule has 20 heavy (non-hydrogen) atoms. The maximum atomic E-state index is 11.2. The fraction of sp³-hybridized carbons (Fsp3) is 0.455. The zero-order chi connectivity index (χ0) is 15.3. The van der Waals surface area contributed by atoms with Crippen molar-refractivity contribution in [3.63, 3.8) is 0 Å². The minimum absolute atomic E-state index is 0.00841. The monoisotopic (exact) mass is 301 g/mol. The maximum Gasteiger partial charge on any atom is 0.337 e. The van der Waals surface area contributed by atoms with Crippen LogP contribution < -0.4 is 5.32 Å². The largest absolute Gasteiger partial charge is 0.478 e. The highest BCUT2D eigenvalue weighted by Crippen LogP contribution is 2.22. The number of aromatic carboxylic acids is 1. The summed E-state index contributed by atoms with van der Waals surface area (Å²) in [5.41, 5.74) is -0.638. The average molecular weight is 301 g/mol. The molecule has 0 fully saturated rings. The first-order valence-electron chi connectivity index (χ1n) is 5.76. The van der Waals surface area contributed by atoms with E-state index in [1.54, 1.807) is 6.26 Å². The second kappa shape index (κ2) is 6.94. The van der Waals surface area contributed by atoms with E-state index in [1.807, 2.05) is 6.92 Å². The second-order valence-electron chi connectivity index (χ2n) is 4.18. The number of hydrogen-bond donors (Lipinski definition) is 2. The van der Waals surface area contributed by atoms with Crippen molar-refractivity contribution in [2.24, 2.45) is 0 Å². The summed E-state index contributed by atoms with van der Waals surface area (Å²) in [4.78, 5) is 24.7. The number of nitrogens with zero attached hydrogens (tertiary/aromatic N) is 2. The summed E-state index contributed by atoms with van der Waals surface area (Å²) in [5.74, 6) is -1.27. The van der Waals surface area contributed by atoms with Crippen LogP contribution in [0.25, 0.3) is 0 Å². The Hall–Kier alpha value is -2.03. The predicted octanol–water partition coefficient (Wildman–Crippen LogP) is 1.26. The molecule has 1 aromatic heterocycles. The minimum atomic E-state index is -1.28. The topological polar surface area (TPSA) is 122 Å². The summed E-state index contributed by atoms with van der Waals surface area (Å²) in [6.45, 7) is 2.17. The molecule has 2 unspecified atom stereocenters. The van der Waals surface area contributed by atoms with Crippen LogP contribution in [0.15, 0.2) is 12.3 Å². The van der Waals surface area contributed by atoms with Crippen LogP contribution >= 0.6 is 0 Å². The number of aromatic nitrogens is 1. The molecule has 1 heterocycles. The lowest BCUT2D eigenvalue weighted by Crippen LogP contribution is -2.16. The Morgan fingerprint density at radius 3 is 2.80 bits per heavy atom. The van der Waals surface area contributed by atoms with Gasteiger partial charge in [-0.25, -0.2) is 9.78 Å². The zero-order valence-electron chi connectivity index (χ0n) is 11.0. The van der Waals surface area contributed by atoms with Gasteiger partial charge in [0.2, 0.25) is 5.82 Å². The van der Waals surface area contributed by atoms with E-state index in [1.165, 1.54) is 0 Å². The number of nitro groups is 1. The van der Waals surface area contributed by atoms with Crippen molar-refractivity contribution in [3.05, 3.63) is 27.9 Å². The smallest absolute Gasteiger partial charge is 0.337 e. The molecule has 2 atom stereocenters. The average Bonchev–Trinajstić information content (AvgIpc) is 2.38. The van der Waals surface area contributed by atoms with Gasteiger partial charge in [0.1, 0.15) is 0 Å². The van der Waals surface area contributed by atoms with Gasteiger partial charge in [-0.05, 0) is 6.42 Å². The summed E-state index contributed by atoms with van der Waals surface area (Å²) in [6.07, 6.45) is 3.20. The maximum absolute atomic E-state index is 11.2. The summed E-state index contributed by atoms with van der Waals surface area (Å²) in [7, 11) is -0.964. The number of rotatable bonds is 7. The molecule has 0 aromatic carbocycles. The standard InChI is InChI=1S/C11H15N3O5S/c1-7(20(2)19)3-4-12-10-9(14(17)18)5-8(6-13-10)11(15)16/h5-7H,3-4H2,1-2H3,(H,12,13)(H,15,16). The van der Waals surface area contributed by atoms with Gasteiger partial charge < -0.3 is 10.4 Å². The molecule has 8 nitrogen and oxygen atoms in total. The van der Waals surface area contributed by atoms with Gasteiger partial charge in [0.15, 0.2) is 0 Å². The van der Waals surface area contributed by atoms with Crippen molar-refractivity contribution in [2.45, 2.75) is 18.6 Å². The van der Waals surface area contributed by atoms with Crippen LogP contribution in [0, 0.1) is 10.1 Å². The normalized spacial score (nSPS) is 13.5. The Bertz CT molecular complexity index is 549. The zero-order valence-corrected chi connectivity index (χ0v) is 11.8. The Morgan fingerprint density at radius 1 is 1.65 bits per heavy atom. The molecule has 1 rings (SSSR count). The first-order valence-corrected chi connectivity index (χ1v) is 7.39. The van der Waals surface area contributed by atoms with Crippen molar-refractivity contribution < 1.29 is 19.0 Å². The van der Waals surface area contributed by atoms with Gasteiger partial charge in [-0.15, -0.1) is 0 Å². The Balaban J connectivity index is 2.82. The van der Waals surface area contributed by atoms with E-state index in [0.29, 0.717) is 13.0 Å². The molecule has 0 saturated carbocycles. The number of hydrogen-bond acceptors (Lipinski definition) is 6. The lowest BCUT2D eigenvalue weighted by molar-refractivity contribution is -0.384. The second-order valence-corrected chi connectivity index (χ2v) is 5.98. The van der Waals surface area contributed by atoms with Crippen LogP contribution in [-0.2, 0) is 10.8 Å². The molecule has 0 aliphatic rings. The predicted molar refractivity (Wildman–Crippen MR) is 74.5 cm³/mol. The Kier molecular flexibility index (Phi) is 5.56. The highest BCUT2D eigenvalue weighted by Gasteiger charge is 2.18. The highest BCUT2D eigenvalue weighted by atomic mass is 32.2. The molecule has 0 aliphatic heterocycles. The number of pyridine rings is 1.